The predicted molar refractivity (Wildman–Crippen MR) is 126 cm³/mol. The molecule has 31 heavy (non-hydrogen) atoms. The minimum Gasteiger partial charge on any atom is -0.490 e. The van der Waals surface area contributed by atoms with Crippen LogP contribution in [0, 0.1) is 6.92 Å². The maximum Gasteiger partial charge on any atom is 0.175 e. The molecule has 0 aromatic heterocycles. The van der Waals surface area contributed by atoms with Gasteiger partial charge in [-0.15, -0.1) is 0 Å². The van der Waals surface area contributed by atoms with Crippen LogP contribution in [0.3, 0.4) is 0 Å². The second-order valence-corrected chi connectivity index (χ2v) is 8.12. The normalized spacial score (nSPS) is 12.4. The van der Waals surface area contributed by atoms with Crippen molar-refractivity contribution < 1.29 is 18.9 Å². The summed E-state index contributed by atoms with van der Waals surface area (Å²) in [6.07, 6.45) is 0. The number of ether oxygens (including phenoxy) is 4. The molecular weight excluding hydrogens is 458 g/mol. The third-order valence-electron chi connectivity index (χ3n) is 5.04. The molecule has 5 nitrogen and oxygen atoms in total. The Labute approximate surface area is 191 Å². The molecule has 6 heteroatoms. The zero-order chi connectivity index (χ0) is 21.6. The van der Waals surface area contributed by atoms with Crippen molar-refractivity contribution in [2.45, 2.75) is 27.0 Å². The van der Waals surface area contributed by atoms with Crippen molar-refractivity contribution in [2.75, 3.05) is 25.1 Å². The van der Waals surface area contributed by atoms with E-state index in [9.17, 15) is 0 Å². The largest absolute Gasteiger partial charge is 0.490 e. The average Bonchev–Trinajstić information content (AvgIpc) is 2.78. The van der Waals surface area contributed by atoms with Crippen molar-refractivity contribution in [2.24, 2.45) is 0 Å². The fraction of sp³-hybridized carbons (Fsp3) is 0.280. The first-order valence-corrected chi connectivity index (χ1v) is 11.2. The number of hydrogen-bond acceptors (Lipinski definition) is 5. The van der Waals surface area contributed by atoms with Gasteiger partial charge in [0.2, 0.25) is 0 Å². The molecule has 0 aliphatic carbocycles. The zero-order valence-electron chi connectivity index (χ0n) is 17.7. The maximum absolute atomic E-state index is 6.14. The molecule has 1 heterocycles. The molecule has 162 valence electrons. The van der Waals surface area contributed by atoms with Crippen molar-refractivity contribution >= 4 is 21.6 Å². The Morgan fingerprint density at radius 2 is 1.77 bits per heavy atom. The van der Waals surface area contributed by atoms with Gasteiger partial charge >= 0.3 is 0 Å². The number of aryl methyl sites for hydroxylation is 1. The zero-order valence-corrected chi connectivity index (χ0v) is 19.3. The summed E-state index contributed by atoms with van der Waals surface area (Å²) in [5, 5.41) is 3.44. The Morgan fingerprint density at radius 3 is 2.58 bits per heavy atom. The van der Waals surface area contributed by atoms with Gasteiger partial charge in [0.1, 0.15) is 19.8 Å². The molecule has 3 aromatic rings. The monoisotopic (exact) mass is 483 g/mol. The van der Waals surface area contributed by atoms with Crippen LogP contribution in [0.15, 0.2) is 59.1 Å². The predicted octanol–water partition coefficient (Wildman–Crippen LogP) is 6.12. The fourth-order valence-corrected chi connectivity index (χ4v) is 4.01. The van der Waals surface area contributed by atoms with Crippen LogP contribution in [0.25, 0.3) is 0 Å². The first kappa shape index (κ1) is 21.4. The molecule has 0 unspecified atom stereocenters. The Balaban J connectivity index is 1.48. The molecule has 0 saturated carbocycles. The van der Waals surface area contributed by atoms with Gasteiger partial charge in [0.25, 0.3) is 0 Å². The highest BCUT2D eigenvalue weighted by atomic mass is 79.9. The SMILES string of the molecule is CCOc1cc(CNc2ccc3c(c2)OCCO3)cc(Br)c1OCc1ccccc1C. The third-order valence-corrected chi connectivity index (χ3v) is 5.63. The lowest BCUT2D eigenvalue weighted by molar-refractivity contribution is 0.171. The molecule has 3 aromatic carbocycles. The van der Waals surface area contributed by atoms with Crippen molar-refractivity contribution in [1.82, 2.24) is 0 Å². The van der Waals surface area contributed by atoms with E-state index in [1.165, 1.54) is 5.56 Å². The van der Waals surface area contributed by atoms with Gasteiger partial charge in [0.15, 0.2) is 23.0 Å². The van der Waals surface area contributed by atoms with E-state index in [-0.39, 0.29) is 0 Å². The molecular formula is C25H26BrNO4. The highest BCUT2D eigenvalue weighted by Gasteiger charge is 2.14. The molecule has 0 saturated heterocycles. The van der Waals surface area contributed by atoms with Crippen LogP contribution in [-0.2, 0) is 13.2 Å². The van der Waals surface area contributed by atoms with Crippen LogP contribution in [-0.4, -0.2) is 19.8 Å². The smallest absolute Gasteiger partial charge is 0.175 e. The van der Waals surface area contributed by atoms with E-state index in [0.717, 1.165) is 38.5 Å². The van der Waals surface area contributed by atoms with E-state index in [1.54, 1.807) is 0 Å². The Kier molecular flexibility index (Phi) is 6.87. The first-order chi connectivity index (χ1) is 15.1. The van der Waals surface area contributed by atoms with Crippen molar-refractivity contribution in [3.8, 4) is 23.0 Å². The number of rotatable bonds is 8. The van der Waals surface area contributed by atoms with Gasteiger partial charge in [0.05, 0.1) is 11.1 Å². The van der Waals surface area contributed by atoms with Gasteiger partial charge in [-0.3, -0.25) is 0 Å². The van der Waals surface area contributed by atoms with Crippen LogP contribution in [0.4, 0.5) is 5.69 Å². The molecule has 4 rings (SSSR count). The van der Waals surface area contributed by atoms with E-state index >= 15 is 0 Å². The van der Waals surface area contributed by atoms with Gasteiger partial charge in [0, 0.05) is 18.3 Å². The molecule has 1 aliphatic heterocycles. The lowest BCUT2D eigenvalue weighted by Crippen LogP contribution is -2.15. The quantitative estimate of drug-likeness (QED) is 0.418. The maximum atomic E-state index is 6.14. The lowest BCUT2D eigenvalue weighted by atomic mass is 10.1. The second-order valence-electron chi connectivity index (χ2n) is 7.27. The van der Waals surface area contributed by atoms with Gasteiger partial charge in [-0.1, -0.05) is 24.3 Å². The number of benzene rings is 3. The van der Waals surface area contributed by atoms with Crippen LogP contribution in [0.1, 0.15) is 23.6 Å². The fourth-order valence-electron chi connectivity index (χ4n) is 3.41. The summed E-state index contributed by atoms with van der Waals surface area (Å²) in [7, 11) is 0. The van der Waals surface area contributed by atoms with Gasteiger partial charge in [-0.05, 0) is 70.7 Å². The van der Waals surface area contributed by atoms with E-state index < -0.39 is 0 Å². The summed E-state index contributed by atoms with van der Waals surface area (Å²) < 4.78 is 24.1. The van der Waals surface area contributed by atoms with Crippen LogP contribution in [0.5, 0.6) is 23.0 Å². The molecule has 0 bridgehead atoms. The minimum atomic E-state index is 0.486. The highest BCUT2D eigenvalue weighted by molar-refractivity contribution is 9.10. The molecule has 0 radical (unpaired) electrons. The summed E-state index contributed by atoms with van der Waals surface area (Å²) >= 11 is 3.67. The first-order valence-electron chi connectivity index (χ1n) is 10.4. The number of halogens is 1. The Hall–Kier alpha value is -2.86. The van der Waals surface area contributed by atoms with Crippen LogP contribution in [0.2, 0.25) is 0 Å². The summed E-state index contributed by atoms with van der Waals surface area (Å²) in [5.41, 5.74) is 4.41. The number of hydrogen-bond donors (Lipinski definition) is 1. The summed E-state index contributed by atoms with van der Waals surface area (Å²) in [6.45, 7) is 6.91. The highest BCUT2D eigenvalue weighted by Crippen LogP contribution is 2.38. The summed E-state index contributed by atoms with van der Waals surface area (Å²) in [6, 6.07) is 18.2. The molecule has 1 N–H and O–H groups in total. The molecule has 1 aliphatic rings. The van der Waals surface area contributed by atoms with Gasteiger partial charge in [-0.2, -0.15) is 0 Å². The minimum absolute atomic E-state index is 0.486. The standard InChI is InChI=1S/C25H26BrNO4/c1-3-28-24-13-18(15-27-20-8-9-22-23(14-20)30-11-10-29-22)12-21(26)25(24)31-16-19-7-5-4-6-17(19)2/h4-9,12-14,27H,3,10-11,15-16H2,1-2H3. The number of nitrogens with one attached hydrogen (secondary N) is 1. The van der Waals surface area contributed by atoms with E-state index in [0.29, 0.717) is 38.7 Å². The summed E-state index contributed by atoms with van der Waals surface area (Å²) in [5.74, 6) is 3.00. The molecule has 0 fully saturated rings. The molecule has 0 amide bonds. The van der Waals surface area contributed by atoms with Gasteiger partial charge in [-0.25, -0.2) is 0 Å². The van der Waals surface area contributed by atoms with Crippen molar-refractivity contribution in [3.05, 3.63) is 75.8 Å². The van der Waals surface area contributed by atoms with E-state index in [4.69, 9.17) is 18.9 Å². The Morgan fingerprint density at radius 1 is 0.968 bits per heavy atom. The molecule has 0 atom stereocenters. The average molecular weight is 484 g/mol. The Bertz CT molecular complexity index is 1050. The van der Waals surface area contributed by atoms with Crippen molar-refractivity contribution in [3.63, 3.8) is 0 Å². The van der Waals surface area contributed by atoms with Crippen LogP contribution >= 0.6 is 15.9 Å². The number of fused-ring (bicyclic) bond motifs is 1. The lowest BCUT2D eigenvalue weighted by Gasteiger charge is -2.19. The van der Waals surface area contributed by atoms with Crippen molar-refractivity contribution in [1.29, 1.82) is 0 Å². The topological polar surface area (TPSA) is 49.0 Å². The molecule has 0 spiro atoms. The third kappa shape index (κ3) is 5.25. The number of anilines is 1. The second kappa shape index (κ2) is 9.96. The van der Waals surface area contributed by atoms with Gasteiger partial charge < -0.3 is 24.3 Å². The van der Waals surface area contributed by atoms with E-state index in [1.807, 2.05) is 43.3 Å². The summed E-state index contributed by atoms with van der Waals surface area (Å²) in [4.78, 5) is 0. The van der Waals surface area contributed by atoms with E-state index in [2.05, 4.69) is 46.4 Å². The van der Waals surface area contributed by atoms with Crippen LogP contribution < -0.4 is 24.3 Å².